The molecule has 2 aromatic carbocycles. The molecule has 0 saturated heterocycles. The number of nitro benzene ring substituents is 1. The molecule has 0 bridgehead atoms. The number of nitro groups is 1. The Bertz CT molecular complexity index is 687. The van der Waals surface area contributed by atoms with Crippen molar-refractivity contribution in [3.05, 3.63) is 67.9 Å². The van der Waals surface area contributed by atoms with Gasteiger partial charge in [0, 0.05) is 18.3 Å². The smallest absolute Gasteiger partial charge is 0.285 e. The van der Waals surface area contributed by atoms with Gasteiger partial charge in [0.2, 0.25) is 0 Å². The lowest BCUT2D eigenvalue weighted by atomic mass is 10.2. The third-order valence-corrected chi connectivity index (χ3v) is 3.35. The Morgan fingerprint density at radius 3 is 2.33 bits per heavy atom. The van der Waals surface area contributed by atoms with Crippen LogP contribution >= 0.6 is 15.9 Å². The van der Waals surface area contributed by atoms with E-state index in [9.17, 15) is 23.3 Å². The van der Waals surface area contributed by atoms with Crippen LogP contribution in [0.5, 0.6) is 0 Å². The Labute approximate surface area is 125 Å². The van der Waals surface area contributed by atoms with Gasteiger partial charge in [-0.2, -0.15) is 0 Å². The van der Waals surface area contributed by atoms with Gasteiger partial charge in [0.1, 0.15) is 0 Å². The first-order valence-electron chi connectivity index (χ1n) is 5.69. The van der Waals surface area contributed by atoms with Crippen molar-refractivity contribution in [3.8, 4) is 0 Å². The lowest BCUT2D eigenvalue weighted by Crippen LogP contribution is -2.03. The zero-order valence-corrected chi connectivity index (χ0v) is 12.0. The summed E-state index contributed by atoms with van der Waals surface area (Å²) < 4.78 is 39.2. The second-order valence-electron chi connectivity index (χ2n) is 4.15. The summed E-state index contributed by atoms with van der Waals surface area (Å²) in [4.78, 5) is 10.2. The second kappa shape index (κ2) is 6.13. The minimum atomic E-state index is -1.53. The van der Waals surface area contributed by atoms with E-state index in [0.717, 1.165) is 12.1 Å². The molecule has 0 heterocycles. The van der Waals surface area contributed by atoms with Gasteiger partial charge in [-0.1, -0.05) is 0 Å². The first kappa shape index (κ1) is 15.3. The summed E-state index contributed by atoms with van der Waals surface area (Å²) in [6.07, 6.45) is 0. The van der Waals surface area contributed by atoms with Crippen molar-refractivity contribution >= 4 is 27.3 Å². The number of hydrogen-bond donors (Lipinski definition) is 1. The van der Waals surface area contributed by atoms with E-state index in [1.165, 1.54) is 12.1 Å². The maximum absolute atomic E-state index is 13.1. The van der Waals surface area contributed by atoms with Crippen LogP contribution in [0.4, 0.5) is 24.5 Å². The quantitative estimate of drug-likeness (QED) is 0.499. The van der Waals surface area contributed by atoms with E-state index in [1.54, 1.807) is 6.07 Å². The van der Waals surface area contributed by atoms with Crippen molar-refractivity contribution in [2.75, 3.05) is 5.32 Å². The molecule has 4 nitrogen and oxygen atoms in total. The van der Waals surface area contributed by atoms with E-state index < -0.39 is 22.4 Å². The SMILES string of the molecule is O=[N+]([O-])c1cc(NCc2cc(F)c(F)c(F)c2)ccc1Br. The molecule has 0 saturated carbocycles. The molecule has 0 aliphatic rings. The maximum atomic E-state index is 13.1. The first-order chi connectivity index (χ1) is 9.88. The fourth-order valence-electron chi connectivity index (χ4n) is 1.68. The van der Waals surface area contributed by atoms with Crippen LogP contribution in [0, 0.1) is 27.6 Å². The molecule has 0 radical (unpaired) electrons. The summed E-state index contributed by atoms with van der Waals surface area (Å²) in [7, 11) is 0. The Hall–Kier alpha value is -2.09. The largest absolute Gasteiger partial charge is 0.381 e. The average Bonchev–Trinajstić information content (AvgIpc) is 2.43. The summed E-state index contributed by atoms with van der Waals surface area (Å²) in [6, 6.07) is 6.04. The Morgan fingerprint density at radius 1 is 1.14 bits per heavy atom. The number of rotatable bonds is 4. The predicted octanol–water partition coefficient (Wildman–Crippen LogP) is 4.39. The fourth-order valence-corrected chi connectivity index (χ4v) is 2.07. The molecule has 0 aliphatic heterocycles. The molecule has 8 heteroatoms. The lowest BCUT2D eigenvalue weighted by Gasteiger charge is -2.08. The van der Waals surface area contributed by atoms with E-state index in [-0.39, 0.29) is 17.8 Å². The van der Waals surface area contributed by atoms with Gasteiger partial charge < -0.3 is 5.32 Å². The molecular formula is C13H8BrF3N2O2. The van der Waals surface area contributed by atoms with Gasteiger partial charge in [0.25, 0.3) is 5.69 Å². The summed E-state index contributed by atoms with van der Waals surface area (Å²) in [6.45, 7) is -0.00704. The van der Waals surface area contributed by atoms with E-state index in [4.69, 9.17) is 0 Å². The molecule has 2 aromatic rings. The van der Waals surface area contributed by atoms with Crippen molar-refractivity contribution in [1.82, 2.24) is 0 Å². The Balaban J connectivity index is 2.17. The Morgan fingerprint density at radius 2 is 1.76 bits per heavy atom. The van der Waals surface area contributed by atoms with Crippen LogP contribution in [-0.2, 0) is 6.54 Å². The lowest BCUT2D eigenvalue weighted by molar-refractivity contribution is -0.385. The molecule has 0 fully saturated rings. The van der Waals surface area contributed by atoms with Crippen LogP contribution in [-0.4, -0.2) is 4.92 Å². The highest BCUT2D eigenvalue weighted by Gasteiger charge is 2.13. The van der Waals surface area contributed by atoms with E-state index >= 15 is 0 Å². The third kappa shape index (κ3) is 3.52. The molecule has 1 N–H and O–H groups in total. The molecule has 0 unspecified atom stereocenters. The highest BCUT2D eigenvalue weighted by Crippen LogP contribution is 2.28. The number of halogens is 4. The number of nitrogens with one attached hydrogen (secondary N) is 1. The molecule has 0 spiro atoms. The van der Waals surface area contributed by atoms with Crippen molar-refractivity contribution in [2.45, 2.75) is 6.54 Å². The molecule has 0 atom stereocenters. The first-order valence-corrected chi connectivity index (χ1v) is 6.49. The van der Waals surface area contributed by atoms with Gasteiger partial charge in [-0.3, -0.25) is 10.1 Å². The molecular weight excluding hydrogens is 353 g/mol. The predicted molar refractivity (Wildman–Crippen MR) is 74.4 cm³/mol. The molecule has 0 aromatic heterocycles. The van der Waals surface area contributed by atoms with Crippen molar-refractivity contribution < 1.29 is 18.1 Å². The van der Waals surface area contributed by atoms with Gasteiger partial charge in [-0.05, 0) is 45.8 Å². The second-order valence-corrected chi connectivity index (χ2v) is 5.00. The summed E-state index contributed by atoms with van der Waals surface area (Å²) in [5.74, 6) is -4.10. The van der Waals surface area contributed by atoms with Crippen LogP contribution in [0.25, 0.3) is 0 Å². The number of anilines is 1. The average molecular weight is 361 g/mol. The van der Waals surface area contributed by atoms with Crippen LogP contribution in [0.2, 0.25) is 0 Å². The zero-order chi connectivity index (χ0) is 15.6. The molecule has 21 heavy (non-hydrogen) atoms. The summed E-state index contributed by atoms with van der Waals surface area (Å²) in [5.41, 5.74) is 0.434. The van der Waals surface area contributed by atoms with Gasteiger partial charge >= 0.3 is 0 Å². The van der Waals surface area contributed by atoms with Gasteiger partial charge in [-0.15, -0.1) is 0 Å². The maximum Gasteiger partial charge on any atom is 0.285 e. The minimum absolute atomic E-state index is 0.00704. The molecule has 0 aliphatic carbocycles. The van der Waals surface area contributed by atoms with E-state index in [1.807, 2.05) is 0 Å². The molecule has 0 amide bonds. The Kier molecular flexibility index (Phi) is 4.46. The highest BCUT2D eigenvalue weighted by atomic mass is 79.9. The topological polar surface area (TPSA) is 55.2 Å². The van der Waals surface area contributed by atoms with Crippen LogP contribution < -0.4 is 5.32 Å². The van der Waals surface area contributed by atoms with Crippen LogP contribution in [0.15, 0.2) is 34.8 Å². The van der Waals surface area contributed by atoms with Crippen molar-refractivity contribution in [1.29, 1.82) is 0 Å². The monoisotopic (exact) mass is 360 g/mol. The third-order valence-electron chi connectivity index (χ3n) is 2.68. The molecule has 110 valence electrons. The number of nitrogens with zero attached hydrogens (tertiary/aromatic N) is 1. The van der Waals surface area contributed by atoms with E-state index in [2.05, 4.69) is 21.2 Å². The van der Waals surface area contributed by atoms with Gasteiger partial charge in [0.15, 0.2) is 17.5 Å². The zero-order valence-electron chi connectivity index (χ0n) is 10.4. The van der Waals surface area contributed by atoms with Crippen LogP contribution in [0.1, 0.15) is 5.56 Å². The standard InChI is InChI=1S/C13H8BrF3N2O2/c14-9-2-1-8(5-12(9)19(20)21)18-6-7-3-10(15)13(17)11(16)4-7/h1-5,18H,6H2. The summed E-state index contributed by atoms with van der Waals surface area (Å²) in [5, 5.41) is 13.6. The normalized spacial score (nSPS) is 10.5. The van der Waals surface area contributed by atoms with E-state index in [0.29, 0.717) is 10.2 Å². The van der Waals surface area contributed by atoms with Crippen molar-refractivity contribution in [2.24, 2.45) is 0 Å². The van der Waals surface area contributed by atoms with Crippen molar-refractivity contribution in [3.63, 3.8) is 0 Å². The van der Waals surface area contributed by atoms with Gasteiger partial charge in [-0.25, -0.2) is 13.2 Å². The molecule has 2 rings (SSSR count). The summed E-state index contributed by atoms with van der Waals surface area (Å²) >= 11 is 3.04. The van der Waals surface area contributed by atoms with Gasteiger partial charge in [0.05, 0.1) is 9.40 Å². The van der Waals surface area contributed by atoms with Crippen LogP contribution in [0.3, 0.4) is 0 Å². The highest BCUT2D eigenvalue weighted by molar-refractivity contribution is 9.10. The number of hydrogen-bond acceptors (Lipinski definition) is 3. The minimum Gasteiger partial charge on any atom is -0.381 e. The fraction of sp³-hybridized carbons (Fsp3) is 0.0769. The number of benzene rings is 2.